The van der Waals surface area contributed by atoms with Gasteiger partial charge in [0.25, 0.3) is 0 Å². The second-order valence-corrected chi connectivity index (χ2v) is 6.51. The van der Waals surface area contributed by atoms with Gasteiger partial charge in [-0.1, -0.05) is 0 Å². The predicted octanol–water partition coefficient (Wildman–Crippen LogP) is 3.23. The largest absolute Gasteiger partial charge is 0.493 e. The fraction of sp³-hybridized carbons (Fsp3) is 0.500. The molecule has 1 aromatic heterocycles. The standard InChI is InChI=1S/C20H31N5O2.HI/c1-7-21-20(22-8-9-25-13-15(2)12-23-25)24(4)14-17-11-19(27-6)18(26-5)10-16(17)3;/h10-13H,7-9,14H2,1-6H3,(H,21,22);1H. The minimum atomic E-state index is 0. The van der Waals surface area contributed by atoms with E-state index in [2.05, 4.69) is 29.2 Å². The number of benzene rings is 1. The molecular weight excluding hydrogens is 469 g/mol. The second kappa shape index (κ2) is 11.8. The molecule has 0 aliphatic heterocycles. The van der Waals surface area contributed by atoms with Crippen molar-refractivity contribution in [3.8, 4) is 11.5 Å². The molecule has 0 saturated heterocycles. The fourth-order valence-corrected chi connectivity index (χ4v) is 2.84. The van der Waals surface area contributed by atoms with Gasteiger partial charge in [-0.25, -0.2) is 0 Å². The van der Waals surface area contributed by atoms with Gasteiger partial charge in [0.15, 0.2) is 17.5 Å². The summed E-state index contributed by atoms with van der Waals surface area (Å²) in [6.45, 7) is 9.14. The molecule has 1 aromatic carbocycles. The highest BCUT2D eigenvalue weighted by molar-refractivity contribution is 14.0. The first-order valence-corrected chi connectivity index (χ1v) is 9.18. The molecular formula is C20H32IN5O2. The molecule has 0 fully saturated rings. The van der Waals surface area contributed by atoms with Gasteiger partial charge in [0.05, 0.1) is 33.5 Å². The third-order valence-electron chi connectivity index (χ3n) is 4.30. The molecule has 2 rings (SSSR count). The van der Waals surface area contributed by atoms with Crippen molar-refractivity contribution in [1.29, 1.82) is 0 Å². The molecule has 1 heterocycles. The molecule has 1 N–H and O–H groups in total. The molecule has 8 heteroatoms. The molecule has 0 spiro atoms. The number of methoxy groups -OCH3 is 2. The maximum absolute atomic E-state index is 5.44. The monoisotopic (exact) mass is 501 g/mol. The summed E-state index contributed by atoms with van der Waals surface area (Å²) in [5.74, 6) is 2.36. The Balaban J connectivity index is 0.00000392. The summed E-state index contributed by atoms with van der Waals surface area (Å²) < 4.78 is 12.7. The van der Waals surface area contributed by atoms with E-state index >= 15 is 0 Å². The number of hydrogen-bond acceptors (Lipinski definition) is 4. The molecule has 2 aromatic rings. The van der Waals surface area contributed by atoms with E-state index in [1.54, 1.807) is 14.2 Å². The normalized spacial score (nSPS) is 11.0. The number of aromatic nitrogens is 2. The van der Waals surface area contributed by atoms with Crippen molar-refractivity contribution in [2.75, 3.05) is 34.4 Å². The van der Waals surface area contributed by atoms with Crippen LogP contribution in [0.1, 0.15) is 23.6 Å². The number of rotatable bonds is 8. The Morgan fingerprint density at radius 2 is 1.89 bits per heavy atom. The number of nitrogens with zero attached hydrogens (tertiary/aromatic N) is 4. The summed E-state index contributed by atoms with van der Waals surface area (Å²) in [7, 11) is 5.35. The molecule has 0 radical (unpaired) electrons. The molecule has 7 nitrogen and oxygen atoms in total. The molecule has 0 bridgehead atoms. The summed E-state index contributed by atoms with van der Waals surface area (Å²) in [4.78, 5) is 6.85. The minimum Gasteiger partial charge on any atom is -0.493 e. The number of hydrogen-bond donors (Lipinski definition) is 1. The van der Waals surface area contributed by atoms with Gasteiger partial charge in [0.2, 0.25) is 0 Å². The summed E-state index contributed by atoms with van der Waals surface area (Å²) in [6, 6.07) is 4.03. The van der Waals surface area contributed by atoms with Crippen molar-refractivity contribution in [2.45, 2.75) is 33.9 Å². The molecule has 0 amide bonds. The van der Waals surface area contributed by atoms with Gasteiger partial charge in [-0.05, 0) is 49.6 Å². The lowest BCUT2D eigenvalue weighted by Crippen LogP contribution is -2.38. The smallest absolute Gasteiger partial charge is 0.194 e. The van der Waals surface area contributed by atoms with Gasteiger partial charge in [-0.15, -0.1) is 24.0 Å². The highest BCUT2D eigenvalue weighted by atomic mass is 127. The van der Waals surface area contributed by atoms with Crippen molar-refractivity contribution in [3.63, 3.8) is 0 Å². The first kappa shape index (κ1) is 24.1. The first-order valence-electron chi connectivity index (χ1n) is 9.18. The van der Waals surface area contributed by atoms with Crippen LogP contribution in [0, 0.1) is 13.8 Å². The van der Waals surface area contributed by atoms with Crippen molar-refractivity contribution in [2.24, 2.45) is 4.99 Å². The van der Waals surface area contributed by atoms with E-state index in [1.165, 1.54) is 5.56 Å². The fourth-order valence-electron chi connectivity index (χ4n) is 2.84. The van der Waals surface area contributed by atoms with Crippen LogP contribution in [0.2, 0.25) is 0 Å². The lowest BCUT2D eigenvalue weighted by atomic mass is 10.1. The van der Waals surface area contributed by atoms with Gasteiger partial charge in [0, 0.05) is 26.3 Å². The van der Waals surface area contributed by atoms with E-state index in [1.807, 2.05) is 43.2 Å². The van der Waals surface area contributed by atoms with Crippen LogP contribution in [0.5, 0.6) is 11.5 Å². The number of aryl methyl sites for hydroxylation is 2. The number of ether oxygens (including phenoxy) is 2. The van der Waals surface area contributed by atoms with Crippen LogP contribution in [0.15, 0.2) is 29.5 Å². The zero-order valence-electron chi connectivity index (χ0n) is 17.7. The maximum atomic E-state index is 5.44. The van der Waals surface area contributed by atoms with E-state index in [9.17, 15) is 0 Å². The van der Waals surface area contributed by atoms with Crippen molar-refractivity contribution in [3.05, 3.63) is 41.2 Å². The SMILES string of the molecule is CCNC(=NCCn1cc(C)cn1)N(C)Cc1cc(OC)c(OC)cc1C.I. The Hall–Kier alpha value is -1.97. The Labute approximate surface area is 185 Å². The highest BCUT2D eigenvalue weighted by Gasteiger charge is 2.12. The molecule has 156 valence electrons. The van der Waals surface area contributed by atoms with Crippen molar-refractivity contribution >= 4 is 29.9 Å². The third-order valence-corrected chi connectivity index (χ3v) is 4.30. The van der Waals surface area contributed by atoms with Crippen molar-refractivity contribution in [1.82, 2.24) is 20.0 Å². The minimum absolute atomic E-state index is 0. The topological polar surface area (TPSA) is 63.9 Å². The van der Waals surface area contributed by atoms with Gasteiger partial charge in [-0.2, -0.15) is 5.10 Å². The van der Waals surface area contributed by atoms with Crippen LogP contribution in [0.4, 0.5) is 0 Å². The lowest BCUT2D eigenvalue weighted by Gasteiger charge is -2.23. The number of halogens is 1. The molecule has 0 atom stereocenters. The molecule has 0 unspecified atom stereocenters. The average Bonchev–Trinajstić information content (AvgIpc) is 3.07. The van der Waals surface area contributed by atoms with Crippen LogP contribution in [-0.2, 0) is 13.1 Å². The number of aliphatic imine (C=N–C) groups is 1. The maximum Gasteiger partial charge on any atom is 0.194 e. The van der Waals surface area contributed by atoms with Crippen LogP contribution < -0.4 is 14.8 Å². The van der Waals surface area contributed by atoms with Crippen LogP contribution in [0.3, 0.4) is 0 Å². The second-order valence-electron chi connectivity index (χ2n) is 6.51. The Morgan fingerprint density at radius 3 is 2.46 bits per heavy atom. The summed E-state index contributed by atoms with van der Waals surface area (Å²) in [5.41, 5.74) is 3.48. The Bertz CT molecular complexity index is 776. The van der Waals surface area contributed by atoms with E-state index in [0.717, 1.165) is 48.2 Å². The zero-order valence-corrected chi connectivity index (χ0v) is 20.0. The summed E-state index contributed by atoms with van der Waals surface area (Å²) in [5, 5.41) is 7.66. The van der Waals surface area contributed by atoms with E-state index in [0.29, 0.717) is 6.54 Å². The van der Waals surface area contributed by atoms with E-state index in [4.69, 9.17) is 14.5 Å². The van der Waals surface area contributed by atoms with Crippen LogP contribution >= 0.6 is 24.0 Å². The lowest BCUT2D eigenvalue weighted by molar-refractivity contribution is 0.353. The molecule has 0 saturated carbocycles. The molecule has 0 aliphatic rings. The Morgan fingerprint density at radius 1 is 1.21 bits per heavy atom. The Kier molecular flexibility index (Phi) is 10.1. The third kappa shape index (κ3) is 6.57. The van der Waals surface area contributed by atoms with Crippen LogP contribution in [0.25, 0.3) is 0 Å². The molecule has 28 heavy (non-hydrogen) atoms. The van der Waals surface area contributed by atoms with Gasteiger partial charge >= 0.3 is 0 Å². The van der Waals surface area contributed by atoms with Gasteiger partial charge in [-0.3, -0.25) is 9.67 Å². The van der Waals surface area contributed by atoms with Crippen LogP contribution in [-0.4, -0.2) is 55.0 Å². The highest BCUT2D eigenvalue weighted by Crippen LogP contribution is 2.30. The quantitative estimate of drug-likeness (QED) is 0.342. The average molecular weight is 501 g/mol. The van der Waals surface area contributed by atoms with Crippen molar-refractivity contribution < 1.29 is 9.47 Å². The zero-order chi connectivity index (χ0) is 19.8. The number of nitrogens with one attached hydrogen (secondary N) is 1. The summed E-state index contributed by atoms with van der Waals surface area (Å²) >= 11 is 0. The van der Waals surface area contributed by atoms with Gasteiger partial charge < -0.3 is 19.7 Å². The molecule has 0 aliphatic carbocycles. The van der Waals surface area contributed by atoms with E-state index in [-0.39, 0.29) is 24.0 Å². The van der Waals surface area contributed by atoms with E-state index < -0.39 is 0 Å². The van der Waals surface area contributed by atoms with Gasteiger partial charge in [0.1, 0.15) is 0 Å². The first-order chi connectivity index (χ1) is 13.0. The summed E-state index contributed by atoms with van der Waals surface area (Å²) in [6.07, 6.45) is 3.89. The predicted molar refractivity (Wildman–Crippen MR) is 124 cm³/mol. The number of guanidine groups is 1.